The third-order valence-electron chi connectivity index (χ3n) is 4.47. The lowest BCUT2D eigenvalue weighted by molar-refractivity contribution is 0.0796. The summed E-state index contributed by atoms with van der Waals surface area (Å²) >= 11 is 5.91. The molecule has 144 valence electrons. The first-order chi connectivity index (χ1) is 13.6. The van der Waals surface area contributed by atoms with Crippen molar-refractivity contribution in [1.29, 1.82) is 0 Å². The number of halogens is 1. The van der Waals surface area contributed by atoms with Crippen molar-refractivity contribution in [2.24, 2.45) is 0 Å². The van der Waals surface area contributed by atoms with E-state index in [4.69, 9.17) is 11.6 Å². The number of anilines is 1. The van der Waals surface area contributed by atoms with Gasteiger partial charge in [-0.15, -0.1) is 0 Å². The second-order valence-corrected chi connectivity index (χ2v) is 7.00. The summed E-state index contributed by atoms with van der Waals surface area (Å²) in [5.74, 6) is 0.680. The average molecular weight is 395 g/mol. The van der Waals surface area contributed by atoms with E-state index in [9.17, 15) is 4.79 Å². The monoisotopic (exact) mass is 394 g/mol. The first-order valence-corrected chi connectivity index (χ1v) is 9.58. The van der Waals surface area contributed by atoms with Crippen molar-refractivity contribution in [1.82, 2.24) is 14.9 Å². The maximum Gasteiger partial charge on any atom is 0.253 e. The predicted molar refractivity (Wildman–Crippen MR) is 113 cm³/mol. The molecular weight excluding hydrogens is 372 g/mol. The lowest BCUT2D eigenvalue weighted by atomic mass is 10.1. The lowest BCUT2D eigenvalue weighted by Gasteiger charge is -2.17. The van der Waals surface area contributed by atoms with Crippen LogP contribution in [-0.4, -0.2) is 40.9 Å². The van der Waals surface area contributed by atoms with Crippen LogP contribution >= 0.6 is 11.6 Å². The van der Waals surface area contributed by atoms with Gasteiger partial charge in [-0.2, -0.15) is 0 Å². The van der Waals surface area contributed by atoms with Crippen LogP contribution in [0.4, 0.5) is 5.82 Å². The van der Waals surface area contributed by atoms with Crippen molar-refractivity contribution in [2.45, 2.75) is 12.8 Å². The number of nitrogens with zero attached hydrogens (tertiary/aromatic N) is 3. The minimum absolute atomic E-state index is 0.0165. The van der Waals surface area contributed by atoms with Gasteiger partial charge in [-0.1, -0.05) is 23.7 Å². The molecule has 1 aromatic carbocycles. The van der Waals surface area contributed by atoms with Gasteiger partial charge >= 0.3 is 0 Å². The van der Waals surface area contributed by atoms with E-state index in [1.807, 2.05) is 43.4 Å². The Morgan fingerprint density at radius 3 is 2.46 bits per heavy atom. The maximum absolute atomic E-state index is 12.7. The van der Waals surface area contributed by atoms with Gasteiger partial charge in [0, 0.05) is 49.3 Å². The molecule has 6 heteroatoms. The molecule has 2 heterocycles. The van der Waals surface area contributed by atoms with Crippen LogP contribution in [-0.2, 0) is 12.8 Å². The molecule has 0 unspecified atom stereocenters. The second-order valence-electron chi connectivity index (χ2n) is 6.57. The Labute approximate surface area is 170 Å². The molecule has 0 aliphatic heterocycles. The molecule has 0 aliphatic carbocycles. The normalized spacial score (nSPS) is 10.5. The SMILES string of the molecule is CN(CCc1ccncc1)C(=O)c1ccnc(NCCc2ccc(Cl)cc2)c1. The van der Waals surface area contributed by atoms with Gasteiger partial charge in [0.1, 0.15) is 5.82 Å². The number of rotatable bonds is 8. The Balaban J connectivity index is 1.52. The Bertz CT molecular complexity index is 900. The zero-order valence-electron chi connectivity index (χ0n) is 15.8. The van der Waals surface area contributed by atoms with Crippen molar-refractivity contribution in [3.05, 3.63) is 88.8 Å². The summed E-state index contributed by atoms with van der Waals surface area (Å²) in [6, 6.07) is 15.3. The molecule has 0 bridgehead atoms. The van der Waals surface area contributed by atoms with Gasteiger partial charge in [-0.25, -0.2) is 4.98 Å². The molecular formula is C22H23ClN4O. The number of carbonyl (C=O) groups is 1. The van der Waals surface area contributed by atoms with Crippen molar-refractivity contribution in [3.8, 4) is 0 Å². The van der Waals surface area contributed by atoms with Crippen LogP contribution in [0.2, 0.25) is 5.02 Å². The predicted octanol–water partition coefficient (Wildman–Crippen LogP) is 4.10. The third-order valence-corrected chi connectivity index (χ3v) is 4.72. The van der Waals surface area contributed by atoms with E-state index in [2.05, 4.69) is 15.3 Å². The Morgan fingerprint density at radius 1 is 1.00 bits per heavy atom. The van der Waals surface area contributed by atoms with E-state index >= 15 is 0 Å². The highest BCUT2D eigenvalue weighted by molar-refractivity contribution is 6.30. The van der Waals surface area contributed by atoms with E-state index in [1.54, 1.807) is 35.6 Å². The second kappa shape index (κ2) is 9.85. The summed E-state index contributed by atoms with van der Waals surface area (Å²) in [4.78, 5) is 22.7. The number of nitrogens with one attached hydrogen (secondary N) is 1. The van der Waals surface area contributed by atoms with Crippen LogP contribution in [0.25, 0.3) is 0 Å². The van der Waals surface area contributed by atoms with Crippen molar-refractivity contribution >= 4 is 23.3 Å². The number of pyridine rings is 2. The van der Waals surface area contributed by atoms with Crippen LogP contribution < -0.4 is 5.32 Å². The first kappa shape index (κ1) is 19.8. The molecule has 5 nitrogen and oxygen atoms in total. The van der Waals surface area contributed by atoms with Crippen molar-refractivity contribution in [2.75, 3.05) is 25.5 Å². The van der Waals surface area contributed by atoms with Gasteiger partial charge < -0.3 is 10.2 Å². The summed E-state index contributed by atoms with van der Waals surface area (Å²) < 4.78 is 0. The Hall–Kier alpha value is -2.92. The van der Waals surface area contributed by atoms with Gasteiger partial charge in [-0.3, -0.25) is 9.78 Å². The molecule has 1 amide bonds. The van der Waals surface area contributed by atoms with Gasteiger partial charge in [0.05, 0.1) is 0 Å². The van der Waals surface area contributed by atoms with Gasteiger partial charge in [0.25, 0.3) is 5.91 Å². The minimum Gasteiger partial charge on any atom is -0.370 e. The fraction of sp³-hybridized carbons (Fsp3) is 0.227. The zero-order chi connectivity index (χ0) is 19.8. The first-order valence-electron chi connectivity index (χ1n) is 9.20. The van der Waals surface area contributed by atoms with Gasteiger partial charge in [0.15, 0.2) is 0 Å². The smallest absolute Gasteiger partial charge is 0.253 e. The topological polar surface area (TPSA) is 58.1 Å². The molecule has 0 saturated heterocycles. The standard InChI is InChI=1S/C22H23ClN4O/c1-27(15-10-18-6-11-24-12-7-18)22(28)19-9-14-26-21(16-19)25-13-8-17-2-4-20(23)5-3-17/h2-7,9,11-12,14,16H,8,10,13,15H2,1H3,(H,25,26). The van der Waals surface area contributed by atoms with Crippen LogP contribution in [0.3, 0.4) is 0 Å². The Morgan fingerprint density at radius 2 is 1.71 bits per heavy atom. The van der Waals surface area contributed by atoms with Crippen molar-refractivity contribution < 1.29 is 4.79 Å². The summed E-state index contributed by atoms with van der Waals surface area (Å²) in [5.41, 5.74) is 2.98. The number of benzene rings is 1. The number of hydrogen-bond donors (Lipinski definition) is 1. The van der Waals surface area contributed by atoms with Gasteiger partial charge in [0.2, 0.25) is 0 Å². The molecule has 0 radical (unpaired) electrons. The third kappa shape index (κ3) is 5.79. The number of likely N-dealkylation sites (N-methyl/N-ethyl adjacent to an activating group) is 1. The quantitative estimate of drug-likeness (QED) is 0.625. The Kier molecular flexibility index (Phi) is 6.98. The largest absolute Gasteiger partial charge is 0.370 e. The molecule has 1 N–H and O–H groups in total. The fourth-order valence-electron chi connectivity index (χ4n) is 2.81. The van der Waals surface area contributed by atoms with Crippen LogP contribution in [0.1, 0.15) is 21.5 Å². The number of aromatic nitrogens is 2. The van der Waals surface area contributed by atoms with E-state index in [0.717, 1.165) is 30.0 Å². The maximum atomic E-state index is 12.7. The fourth-order valence-corrected chi connectivity index (χ4v) is 2.94. The highest BCUT2D eigenvalue weighted by atomic mass is 35.5. The summed E-state index contributed by atoms with van der Waals surface area (Å²) in [5, 5.41) is 4.01. The lowest BCUT2D eigenvalue weighted by Crippen LogP contribution is -2.29. The highest BCUT2D eigenvalue weighted by Crippen LogP contribution is 2.12. The zero-order valence-corrected chi connectivity index (χ0v) is 16.6. The number of amides is 1. The molecule has 2 aromatic heterocycles. The molecule has 0 aliphatic rings. The summed E-state index contributed by atoms with van der Waals surface area (Å²) in [6.45, 7) is 1.37. The van der Waals surface area contributed by atoms with Gasteiger partial charge in [-0.05, 0) is 60.4 Å². The molecule has 0 saturated carbocycles. The van der Waals surface area contributed by atoms with E-state index < -0.39 is 0 Å². The number of carbonyl (C=O) groups excluding carboxylic acids is 1. The van der Waals surface area contributed by atoms with Crippen LogP contribution in [0, 0.1) is 0 Å². The molecule has 28 heavy (non-hydrogen) atoms. The molecule has 0 spiro atoms. The van der Waals surface area contributed by atoms with E-state index in [1.165, 1.54) is 5.56 Å². The van der Waals surface area contributed by atoms with Crippen molar-refractivity contribution in [3.63, 3.8) is 0 Å². The molecule has 0 fully saturated rings. The van der Waals surface area contributed by atoms with E-state index in [0.29, 0.717) is 17.9 Å². The molecule has 0 atom stereocenters. The highest BCUT2D eigenvalue weighted by Gasteiger charge is 2.12. The summed E-state index contributed by atoms with van der Waals surface area (Å²) in [7, 11) is 1.82. The number of hydrogen-bond acceptors (Lipinski definition) is 4. The molecule has 3 rings (SSSR count). The molecule has 3 aromatic rings. The summed E-state index contributed by atoms with van der Waals surface area (Å²) in [6.07, 6.45) is 6.84. The van der Waals surface area contributed by atoms with Crippen LogP contribution in [0.5, 0.6) is 0 Å². The average Bonchev–Trinajstić information content (AvgIpc) is 2.74. The minimum atomic E-state index is -0.0165. The van der Waals surface area contributed by atoms with Crippen LogP contribution in [0.15, 0.2) is 67.1 Å². The van der Waals surface area contributed by atoms with E-state index in [-0.39, 0.29) is 5.91 Å².